The zero-order chi connectivity index (χ0) is 30.4. The maximum absolute atomic E-state index is 13.8. The zero-order valence-electron chi connectivity index (χ0n) is 22.2. The van der Waals surface area contributed by atoms with Gasteiger partial charge < -0.3 is 9.15 Å². The van der Waals surface area contributed by atoms with Gasteiger partial charge in [-0.3, -0.25) is 19.5 Å². The summed E-state index contributed by atoms with van der Waals surface area (Å²) in [6, 6.07) is 12.1. The van der Waals surface area contributed by atoms with Crippen molar-refractivity contribution in [3.8, 4) is 0 Å². The lowest BCUT2D eigenvalue weighted by Crippen LogP contribution is -2.40. The topological polar surface area (TPSA) is 130 Å². The minimum atomic E-state index is -0.902. The Kier molecular flexibility index (Phi) is 8.00. The molecule has 0 N–H and O–H groups in total. The number of carbonyl (C=O) groups excluding carboxylic acids is 1. The van der Waals surface area contributed by atoms with E-state index in [1.54, 1.807) is 56.3 Å². The number of esters is 1. The largest absolute Gasteiger partial charge is 0.463 e. The van der Waals surface area contributed by atoms with E-state index in [0.717, 1.165) is 11.3 Å². The molecule has 5 aromatic rings. The Morgan fingerprint density at radius 3 is 2.81 bits per heavy atom. The smallest absolute Gasteiger partial charge is 0.338 e. The quantitative estimate of drug-likeness (QED) is 0.111. The molecule has 10 nitrogen and oxygen atoms in total. The van der Waals surface area contributed by atoms with Gasteiger partial charge in [-0.05, 0) is 49.9 Å². The van der Waals surface area contributed by atoms with Crippen molar-refractivity contribution in [1.82, 2.24) is 9.55 Å². The zero-order valence-corrected chi connectivity index (χ0v) is 26.2. The molecule has 2 aromatic carbocycles. The Morgan fingerprint density at radius 2 is 2.05 bits per heavy atom. The van der Waals surface area contributed by atoms with Crippen LogP contribution in [-0.4, -0.2) is 27.1 Å². The molecule has 1 aliphatic heterocycles. The van der Waals surface area contributed by atoms with Crippen molar-refractivity contribution in [2.24, 2.45) is 4.99 Å². The summed E-state index contributed by atoms with van der Waals surface area (Å²) in [6.45, 7) is 3.53. The third kappa shape index (κ3) is 5.54. The Balaban J connectivity index is 1.38. The third-order valence-electron chi connectivity index (χ3n) is 6.42. The van der Waals surface area contributed by atoms with Crippen molar-refractivity contribution in [1.29, 1.82) is 0 Å². The summed E-state index contributed by atoms with van der Waals surface area (Å²) in [6.07, 6.45) is 1.61. The van der Waals surface area contributed by atoms with Crippen molar-refractivity contribution in [2.75, 3.05) is 6.61 Å². The van der Waals surface area contributed by atoms with Crippen molar-refractivity contribution < 1.29 is 18.9 Å². The fraction of sp³-hybridized carbons (Fsp3) is 0.143. The second-order valence-corrected chi connectivity index (χ2v) is 13.2. The number of hydrogen-bond donors (Lipinski definition) is 0. The number of rotatable bonds is 7. The van der Waals surface area contributed by atoms with E-state index in [1.165, 1.54) is 39.8 Å². The van der Waals surface area contributed by atoms with Gasteiger partial charge in [0, 0.05) is 23.8 Å². The van der Waals surface area contributed by atoms with Crippen LogP contribution >= 0.6 is 57.6 Å². The van der Waals surface area contributed by atoms with E-state index in [-0.39, 0.29) is 27.9 Å². The van der Waals surface area contributed by atoms with Crippen LogP contribution in [0.25, 0.3) is 16.3 Å². The molecule has 0 bridgehead atoms. The number of carbonyl (C=O) groups is 1. The highest BCUT2D eigenvalue weighted by atomic mass is 35.5. The predicted molar refractivity (Wildman–Crippen MR) is 166 cm³/mol. The molecule has 1 aliphatic rings. The molecule has 0 radical (unpaired) electrons. The number of thiazole rings is 2. The minimum absolute atomic E-state index is 0.00102. The molecule has 0 saturated carbocycles. The Labute approximate surface area is 264 Å². The van der Waals surface area contributed by atoms with Gasteiger partial charge in [-0.2, -0.15) is 0 Å². The first-order valence-electron chi connectivity index (χ1n) is 12.6. The lowest BCUT2D eigenvalue weighted by atomic mass is 9.96. The summed E-state index contributed by atoms with van der Waals surface area (Å²) >= 11 is 16.6. The number of fused-ring (bicyclic) bond motifs is 2. The normalized spacial score (nSPS) is 15.1. The summed E-state index contributed by atoms with van der Waals surface area (Å²) < 4.78 is 14.4. The van der Waals surface area contributed by atoms with E-state index in [0.29, 0.717) is 46.0 Å². The van der Waals surface area contributed by atoms with Crippen LogP contribution < -0.4 is 14.9 Å². The van der Waals surface area contributed by atoms with Crippen LogP contribution in [0.2, 0.25) is 10.0 Å². The van der Waals surface area contributed by atoms with Crippen LogP contribution in [0, 0.1) is 10.1 Å². The van der Waals surface area contributed by atoms with Gasteiger partial charge in [0.05, 0.1) is 47.6 Å². The molecule has 4 heterocycles. The lowest BCUT2D eigenvalue weighted by Gasteiger charge is -2.25. The van der Waals surface area contributed by atoms with Crippen molar-refractivity contribution >= 4 is 85.6 Å². The molecule has 1 atom stereocenters. The Morgan fingerprint density at radius 1 is 1.23 bits per heavy atom. The maximum Gasteiger partial charge on any atom is 0.338 e. The number of nitrogens with zero attached hydrogens (tertiary/aromatic N) is 4. The van der Waals surface area contributed by atoms with Crippen LogP contribution in [0.3, 0.4) is 0 Å². The second-order valence-electron chi connectivity index (χ2n) is 9.09. The first-order chi connectivity index (χ1) is 20.6. The Hall–Kier alpha value is -3.75. The van der Waals surface area contributed by atoms with Crippen LogP contribution in [0.5, 0.6) is 0 Å². The highest BCUT2D eigenvalue weighted by Crippen LogP contribution is 2.38. The van der Waals surface area contributed by atoms with Crippen LogP contribution in [0.15, 0.2) is 83.4 Å². The SMILES string of the molecule is CCOC(=O)C1=C(C)N=c2s/c(=C\c3ccc(Sc4nc5ccc([N+](=O)[O-])cc5s4)o3)c(=O)n2[C@@H]1c1cccc(Cl)c1Cl. The fourth-order valence-electron chi connectivity index (χ4n) is 4.55. The maximum atomic E-state index is 13.8. The number of aromatic nitrogens is 2. The van der Waals surface area contributed by atoms with E-state index >= 15 is 0 Å². The summed E-state index contributed by atoms with van der Waals surface area (Å²) in [5, 5.41) is 12.1. The number of allylic oxidation sites excluding steroid dienone is 1. The van der Waals surface area contributed by atoms with E-state index < -0.39 is 22.5 Å². The van der Waals surface area contributed by atoms with Gasteiger partial charge in [-0.25, -0.2) is 14.8 Å². The van der Waals surface area contributed by atoms with E-state index in [2.05, 4.69) is 9.98 Å². The predicted octanol–water partition coefficient (Wildman–Crippen LogP) is 6.37. The van der Waals surface area contributed by atoms with Gasteiger partial charge >= 0.3 is 5.97 Å². The number of nitro benzene ring substituents is 1. The summed E-state index contributed by atoms with van der Waals surface area (Å²) in [5.41, 5.74) is 1.33. The molecule has 3 aromatic heterocycles. The molecule has 0 amide bonds. The average Bonchev–Trinajstić information content (AvgIpc) is 3.66. The van der Waals surface area contributed by atoms with Gasteiger partial charge in [-0.15, -0.1) is 11.3 Å². The molecule has 0 spiro atoms. The second kappa shape index (κ2) is 11.7. The van der Waals surface area contributed by atoms with Crippen LogP contribution in [0.4, 0.5) is 5.69 Å². The van der Waals surface area contributed by atoms with E-state index in [1.807, 2.05) is 0 Å². The molecular formula is C28H18Cl2N4O6S3. The summed E-state index contributed by atoms with van der Waals surface area (Å²) in [7, 11) is 0. The molecule has 218 valence electrons. The van der Waals surface area contributed by atoms with Crippen molar-refractivity contribution in [3.05, 3.63) is 111 Å². The summed E-state index contributed by atoms with van der Waals surface area (Å²) in [4.78, 5) is 47.0. The molecular weight excluding hydrogens is 655 g/mol. The number of nitro groups is 1. The number of furan rings is 1. The molecule has 43 heavy (non-hydrogen) atoms. The molecule has 0 aliphatic carbocycles. The molecule has 0 fully saturated rings. The van der Waals surface area contributed by atoms with E-state index in [4.69, 9.17) is 32.4 Å². The molecule has 0 unspecified atom stereocenters. The number of halogens is 2. The monoisotopic (exact) mass is 672 g/mol. The Bertz CT molecular complexity index is 2160. The van der Waals surface area contributed by atoms with Gasteiger partial charge in [0.2, 0.25) is 0 Å². The van der Waals surface area contributed by atoms with Crippen LogP contribution in [-0.2, 0) is 9.53 Å². The van der Waals surface area contributed by atoms with Crippen molar-refractivity contribution in [3.63, 3.8) is 0 Å². The number of hydrogen-bond acceptors (Lipinski definition) is 11. The van der Waals surface area contributed by atoms with Gasteiger partial charge in [0.15, 0.2) is 14.2 Å². The first kappa shape index (κ1) is 29.3. The van der Waals surface area contributed by atoms with Crippen LogP contribution in [0.1, 0.15) is 31.2 Å². The lowest BCUT2D eigenvalue weighted by molar-refractivity contribution is -0.384. The van der Waals surface area contributed by atoms with Gasteiger partial charge in [0.25, 0.3) is 11.2 Å². The minimum Gasteiger partial charge on any atom is -0.463 e. The van der Waals surface area contributed by atoms with Gasteiger partial charge in [-0.1, -0.05) is 46.7 Å². The number of ether oxygens (including phenoxy) is 1. The van der Waals surface area contributed by atoms with Gasteiger partial charge in [0.1, 0.15) is 11.8 Å². The van der Waals surface area contributed by atoms with E-state index in [9.17, 15) is 19.7 Å². The molecule has 6 rings (SSSR count). The number of benzene rings is 2. The average molecular weight is 674 g/mol. The van der Waals surface area contributed by atoms with Crippen molar-refractivity contribution in [2.45, 2.75) is 29.3 Å². The number of non-ortho nitro benzene ring substituents is 1. The third-order valence-corrected chi connectivity index (χ3v) is 10.2. The summed E-state index contributed by atoms with van der Waals surface area (Å²) in [5.74, 6) is -0.181. The molecule has 0 saturated heterocycles. The highest BCUT2D eigenvalue weighted by Gasteiger charge is 2.35. The molecule has 15 heteroatoms. The highest BCUT2D eigenvalue weighted by molar-refractivity contribution is 8.01. The fourth-order valence-corrected chi connectivity index (χ4v) is 7.99. The first-order valence-corrected chi connectivity index (χ1v) is 15.8. The standard InChI is InChI=1S/C28H18Cl2N4O6S3/c1-3-39-26(36)22-13(2)31-27-33(24(22)16-5-4-6-17(29)23(16)30)25(35)20(41-27)12-15-8-10-21(40-15)43-28-32-18-9-7-14(34(37)38)11-19(18)42-28/h4-12,24H,3H2,1-2H3/b20-12-/t24-/m1/s1.